The summed E-state index contributed by atoms with van der Waals surface area (Å²) < 4.78 is 13.1. The van der Waals surface area contributed by atoms with E-state index in [1.807, 2.05) is 6.07 Å². The highest BCUT2D eigenvalue weighted by atomic mass is 28.4. The lowest BCUT2D eigenvalue weighted by atomic mass is 9.83. The Kier molecular flexibility index (Phi) is 7.55. The molecule has 0 spiro atoms. The number of aromatic nitrogens is 4. The highest BCUT2D eigenvalue weighted by molar-refractivity contribution is 6.74. The average Bonchev–Trinajstić information content (AvgIpc) is 3.46. The smallest absolute Gasteiger partial charge is 0.435 e. The number of benzene rings is 1. The Balaban J connectivity index is 1.60. The molecule has 212 valence electrons. The molecule has 1 aromatic carbocycles. The van der Waals surface area contributed by atoms with Crippen molar-refractivity contribution in [1.82, 2.24) is 19.7 Å². The summed E-state index contributed by atoms with van der Waals surface area (Å²) in [5, 5.41) is 20.8. The summed E-state index contributed by atoms with van der Waals surface area (Å²) in [6, 6.07) is 9.73. The third-order valence-electron chi connectivity index (χ3n) is 7.48. The second-order valence-electron chi connectivity index (χ2n) is 13.0. The lowest BCUT2D eigenvalue weighted by Crippen LogP contribution is -2.45. The van der Waals surface area contributed by atoms with Crippen LogP contribution in [0.15, 0.2) is 36.7 Å². The van der Waals surface area contributed by atoms with E-state index in [9.17, 15) is 10.1 Å². The number of ether oxygens (including phenoxy) is 1. The van der Waals surface area contributed by atoms with E-state index in [4.69, 9.17) is 9.16 Å². The van der Waals surface area contributed by atoms with Crippen LogP contribution in [0.25, 0.3) is 11.3 Å². The fraction of sp³-hybridized carbons (Fsp3) is 0.483. The van der Waals surface area contributed by atoms with Crippen LogP contribution in [-0.2, 0) is 14.6 Å². The molecule has 2 aromatic heterocycles. The second-order valence-corrected chi connectivity index (χ2v) is 17.8. The normalized spacial score (nSPS) is 17.1. The SMILES string of the molecule is CC(C)(C)OC(=O)n1ccc(Nc2nccc(-c3cc(C#N)c4c(c3)C(C)(CO[Si](C)(C)C(C)(C)C)CN4)n2)n1. The first-order valence-electron chi connectivity index (χ1n) is 13.4. The molecule has 0 fully saturated rings. The first-order chi connectivity index (χ1) is 18.5. The maximum absolute atomic E-state index is 12.3. The topological polar surface area (TPSA) is 127 Å². The first-order valence-corrected chi connectivity index (χ1v) is 16.3. The second kappa shape index (κ2) is 10.3. The van der Waals surface area contributed by atoms with E-state index in [0.29, 0.717) is 36.2 Å². The van der Waals surface area contributed by atoms with Crippen LogP contribution < -0.4 is 10.6 Å². The molecule has 3 aromatic rings. The Hall–Kier alpha value is -3.75. The fourth-order valence-electron chi connectivity index (χ4n) is 4.10. The predicted octanol–water partition coefficient (Wildman–Crippen LogP) is 6.44. The third kappa shape index (κ3) is 6.18. The molecule has 1 aliphatic rings. The molecular weight excluding hydrogens is 522 g/mol. The van der Waals surface area contributed by atoms with Crippen LogP contribution in [0.1, 0.15) is 59.6 Å². The molecule has 0 bridgehead atoms. The highest BCUT2D eigenvalue weighted by Gasteiger charge is 2.42. The van der Waals surface area contributed by atoms with Crippen LogP contribution in [0.2, 0.25) is 18.1 Å². The number of carbonyl (C=O) groups is 1. The molecule has 0 amide bonds. The molecular formula is C29H39N7O3Si. The van der Waals surface area contributed by atoms with Gasteiger partial charge in [-0.15, -0.1) is 5.10 Å². The largest absolute Gasteiger partial charge is 0.442 e. The van der Waals surface area contributed by atoms with Gasteiger partial charge in [-0.2, -0.15) is 9.94 Å². The summed E-state index contributed by atoms with van der Waals surface area (Å²) >= 11 is 0. The first kappa shape index (κ1) is 29.2. The Bertz CT molecular complexity index is 1460. The summed E-state index contributed by atoms with van der Waals surface area (Å²) in [5.74, 6) is 0.710. The van der Waals surface area contributed by atoms with Crippen LogP contribution in [0.3, 0.4) is 0 Å². The van der Waals surface area contributed by atoms with Crippen molar-refractivity contribution in [3.8, 4) is 17.3 Å². The van der Waals surface area contributed by atoms with Gasteiger partial charge in [0.25, 0.3) is 0 Å². The molecule has 11 heteroatoms. The van der Waals surface area contributed by atoms with Crippen molar-refractivity contribution in [3.05, 3.63) is 47.8 Å². The zero-order valence-electron chi connectivity index (χ0n) is 24.8. The van der Waals surface area contributed by atoms with Crippen molar-refractivity contribution in [1.29, 1.82) is 5.26 Å². The van der Waals surface area contributed by atoms with Crippen LogP contribution in [0, 0.1) is 11.3 Å². The van der Waals surface area contributed by atoms with Gasteiger partial charge in [0.2, 0.25) is 5.95 Å². The molecule has 0 radical (unpaired) electrons. The number of nitrogens with zero attached hydrogens (tertiary/aromatic N) is 5. The predicted molar refractivity (Wildman–Crippen MR) is 158 cm³/mol. The average molecular weight is 562 g/mol. The lowest BCUT2D eigenvalue weighted by Gasteiger charge is -2.39. The molecule has 0 saturated carbocycles. The van der Waals surface area contributed by atoms with E-state index in [-0.39, 0.29) is 10.5 Å². The van der Waals surface area contributed by atoms with Crippen molar-refractivity contribution in [2.24, 2.45) is 0 Å². The third-order valence-corrected chi connectivity index (χ3v) is 12.0. The molecule has 1 unspecified atom stereocenters. The number of hydrogen-bond acceptors (Lipinski definition) is 9. The number of carbonyl (C=O) groups excluding carboxylic acids is 1. The summed E-state index contributed by atoms with van der Waals surface area (Å²) in [6.45, 7) is 20.0. The van der Waals surface area contributed by atoms with Crippen LogP contribution in [0.4, 0.5) is 22.2 Å². The maximum atomic E-state index is 12.3. The number of nitrogens with one attached hydrogen (secondary N) is 2. The van der Waals surface area contributed by atoms with Crippen molar-refractivity contribution in [2.45, 2.75) is 77.6 Å². The van der Waals surface area contributed by atoms with Gasteiger partial charge in [0.1, 0.15) is 11.7 Å². The molecule has 40 heavy (non-hydrogen) atoms. The minimum absolute atomic E-state index is 0.102. The van der Waals surface area contributed by atoms with E-state index in [1.165, 1.54) is 6.20 Å². The minimum atomic E-state index is -1.96. The highest BCUT2D eigenvalue weighted by Crippen LogP contribution is 2.44. The van der Waals surface area contributed by atoms with Crippen LogP contribution >= 0.6 is 0 Å². The van der Waals surface area contributed by atoms with Crippen molar-refractivity contribution in [3.63, 3.8) is 0 Å². The minimum Gasteiger partial charge on any atom is -0.442 e. The Morgan fingerprint density at radius 2 is 1.95 bits per heavy atom. The van der Waals surface area contributed by atoms with Gasteiger partial charge in [-0.05, 0) is 62.7 Å². The molecule has 0 saturated heterocycles. The Morgan fingerprint density at radius 3 is 2.60 bits per heavy atom. The van der Waals surface area contributed by atoms with E-state index in [0.717, 1.165) is 21.5 Å². The zero-order valence-corrected chi connectivity index (χ0v) is 25.8. The number of anilines is 3. The number of nitriles is 1. The van der Waals surface area contributed by atoms with Crippen molar-refractivity contribution < 1.29 is 14.0 Å². The van der Waals surface area contributed by atoms with Crippen LogP contribution in [-0.4, -0.2) is 52.9 Å². The molecule has 10 nitrogen and oxygen atoms in total. The Labute approximate surface area is 237 Å². The Morgan fingerprint density at radius 1 is 1.23 bits per heavy atom. The quantitative estimate of drug-likeness (QED) is 0.327. The van der Waals surface area contributed by atoms with Gasteiger partial charge in [-0.25, -0.2) is 14.8 Å². The van der Waals surface area contributed by atoms with Gasteiger partial charge in [-0.3, -0.25) is 0 Å². The van der Waals surface area contributed by atoms with Crippen LogP contribution in [0.5, 0.6) is 0 Å². The van der Waals surface area contributed by atoms with Crippen molar-refractivity contribution in [2.75, 3.05) is 23.8 Å². The molecule has 4 rings (SSSR count). The summed E-state index contributed by atoms with van der Waals surface area (Å²) in [5.41, 5.74) is 3.00. The standard InChI is InChI=1S/C29H39N7O3Si/c1-27(2,3)39-26(37)36-13-11-23(35-36)34-25-31-12-10-22(33-25)19-14-20(16-30)24-21(15-19)29(7,17-32-24)18-38-40(8,9)28(4,5)6/h10-15,32H,17-18H2,1-9H3,(H,31,33,34,35). The van der Waals surface area contributed by atoms with E-state index in [1.54, 1.807) is 39.1 Å². The molecule has 2 N–H and O–H groups in total. The van der Waals surface area contributed by atoms with E-state index < -0.39 is 20.0 Å². The molecule has 3 heterocycles. The van der Waals surface area contributed by atoms with E-state index >= 15 is 0 Å². The van der Waals surface area contributed by atoms with Gasteiger partial charge in [-0.1, -0.05) is 27.7 Å². The molecule has 0 aliphatic carbocycles. The van der Waals surface area contributed by atoms with E-state index in [2.05, 4.69) is 78.6 Å². The zero-order chi connectivity index (χ0) is 29.5. The number of hydrogen-bond donors (Lipinski definition) is 2. The number of rotatable bonds is 6. The van der Waals surface area contributed by atoms with Crippen molar-refractivity contribution >= 4 is 31.9 Å². The summed E-state index contributed by atoms with van der Waals surface area (Å²) in [4.78, 5) is 21.3. The van der Waals surface area contributed by atoms with Gasteiger partial charge >= 0.3 is 6.09 Å². The van der Waals surface area contributed by atoms with Gasteiger partial charge in [0.05, 0.1) is 16.9 Å². The fourth-order valence-corrected chi connectivity index (χ4v) is 5.22. The maximum Gasteiger partial charge on any atom is 0.435 e. The van der Waals surface area contributed by atoms with Gasteiger partial charge in [0.15, 0.2) is 14.1 Å². The summed E-state index contributed by atoms with van der Waals surface area (Å²) in [6.07, 6.45) is 2.58. The van der Waals surface area contributed by atoms with Gasteiger partial charge < -0.3 is 19.8 Å². The monoisotopic (exact) mass is 561 g/mol. The molecule has 1 aliphatic heterocycles. The van der Waals surface area contributed by atoms with Gasteiger partial charge in [0, 0.05) is 42.6 Å². The number of fused-ring (bicyclic) bond motifs is 1. The lowest BCUT2D eigenvalue weighted by molar-refractivity contribution is 0.0515. The summed E-state index contributed by atoms with van der Waals surface area (Å²) in [7, 11) is -1.96. The molecule has 1 atom stereocenters.